The lowest BCUT2D eigenvalue weighted by Crippen LogP contribution is -2.41. The van der Waals surface area contributed by atoms with Crippen molar-refractivity contribution in [2.75, 3.05) is 6.54 Å². The van der Waals surface area contributed by atoms with Gasteiger partial charge in [0.1, 0.15) is 0 Å². The van der Waals surface area contributed by atoms with Crippen molar-refractivity contribution in [3.63, 3.8) is 0 Å². The minimum Gasteiger partial charge on any atom is -0.348 e. The lowest BCUT2D eigenvalue weighted by molar-refractivity contribution is 0.0931. The van der Waals surface area contributed by atoms with Gasteiger partial charge in [-0.1, -0.05) is 12.1 Å². The SMILES string of the molecule is NCC(NC(=O)c1ccc2c(c1)S(=O)(=O)c1ccccc1C2=O)C1CC1. The summed E-state index contributed by atoms with van der Waals surface area (Å²) in [5, 5.41) is 2.87. The van der Waals surface area contributed by atoms with Gasteiger partial charge in [-0.25, -0.2) is 8.42 Å². The third kappa shape index (κ3) is 2.64. The van der Waals surface area contributed by atoms with Crippen LogP contribution in [-0.2, 0) is 9.84 Å². The summed E-state index contributed by atoms with van der Waals surface area (Å²) in [5.41, 5.74) is 6.17. The van der Waals surface area contributed by atoms with Crippen molar-refractivity contribution in [3.05, 3.63) is 59.2 Å². The van der Waals surface area contributed by atoms with Gasteiger partial charge in [-0.15, -0.1) is 0 Å². The van der Waals surface area contributed by atoms with E-state index in [2.05, 4.69) is 5.32 Å². The molecular formula is C19H18N2O4S. The molecule has 1 heterocycles. The molecule has 0 saturated heterocycles. The Morgan fingerprint density at radius 2 is 1.81 bits per heavy atom. The molecule has 0 radical (unpaired) electrons. The molecule has 4 rings (SSSR count). The van der Waals surface area contributed by atoms with Crippen LogP contribution in [0.3, 0.4) is 0 Å². The highest BCUT2D eigenvalue weighted by Gasteiger charge is 2.36. The van der Waals surface area contributed by atoms with E-state index in [0.29, 0.717) is 12.5 Å². The maximum absolute atomic E-state index is 12.9. The topological polar surface area (TPSA) is 106 Å². The summed E-state index contributed by atoms with van der Waals surface area (Å²) in [4.78, 5) is 25.0. The van der Waals surface area contributed by atoms with Crippen molar-refractivity contribution in [2.24, 2.45) is 11.7 Å². The predicted molar refractivity (Wildman–Crippen MR) is 94.8 cm³/mol. The molecule has 1 atom stereocenters. The van der Waals surface area contributed by atoms with E-state index >= 15 is 0 Å². The third-order valence-electron chi connectivity index (χ3n) is 4.96. The Morgan fingerprint density at radius 1 is 1.12 bits per heavy atom. The van der Waals surface area contributed by atoms with E-state index in [1.54, 1.807) is 12.1 Å². The first-order valence-electron chi connectivity index (χ1n) is 8.47. The molecule has 1 aliphatic heterocycles. The van der Waals surface area contributed by atoms with Crippen LogP contribution in [0.1, 0.15) is 39.1 Å². The minimum absolute atomic E-state index is 0.0205. The Bertz CT molecular complexity index is 1030. The zero-order valence-corrected chi connectivity index (χ0v) is 14.8. The van der Waals surface area contributed by atoms with Gasteiger partial charge in [0.05, 0.1) is 9.79 Å². The number of hydrogen-bond acceptors (Lipinski definition) is 5. The average Bonchev–Trinajstić information content (AvgIpc) is 3.49. The van der Waals surface area contributed by atoms with Crippen LogP contribution in [0.4, 0.5) is 0 Å². The van der Waals surface area contributed by atoms with Gasteiger partial charge >= 0.3 is 0 Å². The molecule has 0 spiro atoms. The number of hydrogen-bond donors (Lipinski definition) is 2. The van der Waals surface area contributed by atoms with Crippen molar-refractivity contribution in [2.45, 2.75) is 28.7 Å². The van der Waals surface area contributed by atoms with E-state index in [9.17, 15) is 18.0 Å². The lowest BCUT2D eigenvalue weighted by atomic mass is 10.0. The van der Waals surface area contributed by atoms with E-state index in [0.717, 1.165) is 12.8 Å². The molecular weight excluding hydrogens is 352 g/mol. The van der Waals surface area contributed by atoms with Gasteiger partial charge in [0.25, 0.3) is 5.91 Å². The molecule has 2 aromatic carbocycles. The van der Waals surface area contributed by atoms with E-state index in [1.807, 2.05) is 0 Å². The fourth-order valence-corrected chi connectivity index (χ4v) is 5.02. The van der Waals surface area contributed by atoms with Crippen molar-refractivity contribution < 1.29 is 18.0 Å². The normalized spacial score (nSPS) is 18.6. The molecule has 0 aromatic heterocycles. The Morgan fingerprint density at radius 3 is 2.50 bits per heavy atom. The number of ketones is 1. The first-order chi connectivity index (χ1) is 12.4. The zero-order valence-electron chi connectivity index (χ0n) is 13.9. The first kappa shape index (κ1) is 16.9. The average molecular weight is 370 g/mol. The highest BCUT2D eigenvalue weighted by Crippen LogP contribution is 2.35. The summed E-state index contributed by atoms with van der Waals surface area (Å²) in [7, 11) is -3.85. The van der Waals surface area contributed by atoms with Crippen LogP contribution in [0.15, 0.2) is 52.3 Å². The van der Waals surface area contributed by atoms with Crippen LogP contribution >= 0.6 is 0 Å². The van der Waals surface area contributed by atoms with Crippen LogP contribution in [0.25, 0.3) is 0 Å². The van der Waals surface area contributed by atoms with E-state index in [-0.39, 0.29) is 44.2 Å². The number of fused-ring (bicyclic) bond motifs is 2. The Balaban J connectivity index is 1.74. The third-order valence-corrected chi connectivity index (χ3v) is 6.81. The molecule has 2 aromatic rings. The second-order valence-corrected chi connectivity index (χ2v) is 8.58. The van der Waals surface area contributed by atoms with Crippen molar-refractivity contribution in [1.29, 1.82) is 0 Å². The highest BCUT2D eigenvalue weighted by atomic mass is 32.2. The fraction of sp³-hybridized carbons (Fsp3) is 0.263. The number of rotatable bonds is 4. The number of amides is 1. The molecule has 6 nitrogen and oxygen atoms in total. The first-order valence-corrected chi connectivity index (χ1v) is 9.95. The second kappa shape index (κ2) is 6.03. The lowest BCUT2D eigenvalue weighted by Gasteiger charge is -2.20. The van der Waals surface area contributed by atoms with Gasteiger partial charge in [0.15, 0.2) is 5.78 Å². The Labute approximate surface area is 151 Å². The van der Waals surface area contributed by atoms with E-state index in [4.69, 9.17) is 5.73 Å². The van der Waals surface area contributed by atoms with Crippen molar-refractivity contribution >= 4 is 21.5 Å². The summed E-state index contributed by atoms with van der Waals surface area (Å²) in [6, 6.07) is 10.2. The van der Waals surface area contributed by atoms with Crippen LogP contribution in [0.5, 0.6) is 0 Å². The summed E-state index contributed by atoms with van der Waals surface area (Å²) >= 11 is 0. The number of nitrogens with one attached hydrogen (secondary N) is 1. The van der Waals surface area contributed by atoms with E-state index < -0.39 is 9.84 Å². The number of carbonyl (C=O) groups is 2. The summed E-state index contributed by atoms with van der Waals surface area (Å²) in [5.74, 6) is -0.342. The number of nitrogens with two attached hydrogens (primary N) is 1. The van der Waals surface area contributed by atoms with Crippen molar-refractivity contribution in [1.82, 2.24) is 5.32 Å². The maximum atomic E-state index is 12.9. The zero-order chi connectivity index (χ0) is 18.5. The monoisotopic (exact) mass is 370 g/mol. The van der Waals surface area contributed by atoms with Gasteiger partial charge in [-0.05, 0) is 49.1 Å². The number of benzene rings is 2. The van der Waals surface area contributed by atoms with Crippen LogP contribution in [0.2, 0.25) is 0 Å². The highest BCUT2D eigenvalue weighted by molar-refractivity contribution is 7.91. The summed E-state index contributed by atoms with van der Waals surface area (Å²) < 4.78 is 25.8. The Kier molecular flexibility index (Phi) is 3.93. The fourth-order valence-electron chi connectivity index (χ4n) is 3.35. The van der Waals surface area contributed by atoms with Gasteiger partial charge in [0, 0.05) is 29.3 Å². The van der Waals surface area contributed by atoms with Crippen molar-refractivity contribution in [3.8, 4) is 0 Å². The Hall–Kier alpha value is -2.51. The molecule has 3 N–H and O–H groups in total. The molecule has 2 aliphatic rings. The van der Waals surface area contributed by atoms with Gasteiger partial charge < -0.3 is 11.1 Å². The largest absolute Gasteiger partial charge is 0.348 e. The minimum atomic E-state index is -3.85. The summed E-state index contributed by atoms with van der Waals surface area (Å²) in [6.07, 6.45) is 2.07. The molecule has 1 aliphatic carbocycles. The van der Waals surface area contributed by atoms with Gasteiger partial charge in [-0.3, -0.25) is 9.59 Å². The number of sulfone groups is 1. The maximum Gasteiger partial charge on any atom is 0.251 e. The summed E-state index contributed by atoms with van der Waals surface area (Å²) in [6.45, 7) is 0.339. The second-order valence-electron chi connectivity index (χ2n) is 6.69. The smallest absolute Gasteiger partial charge is 0.251 e. The molecule has 7 heteroatoms. The molecule has 0 bridgehead atoms. The molecule has 134 valence electrons. The number of carbonyl (C=O) groups excluding carboxylic acids is 2. The quantitative estimate of drug-likeness (QED) is 0.724. The molecule has 26 heavy (non-hydrogen) atoms. The van der Waals surface area contributed by atoms with Gasteiger partial charge in [-0.2, -0.15) is 0 Å². The van der Waals surface area contributed by atoms with Crippen LogP contribution in [0, 0.1) is 5.92 Å². The molecule has 1 amide bonds. The molecule has 1 saturated carbocycles. The molecule has 1 unspecified atom stereocenters. The standard InChI is InChI=1S/C19H18N2O4S/c20-10-15(11-5-6-11)21-19(23)12-7-8-14-17(9-12)26(24,25)16-4-2-1-3-13(16)18(14)22/h1-4,7-9,11,15H,5-6,10,20H2,(H,21,23). The van der Waals surface area contributed by atoms with Gasteiger partial charge in [0.2, 0.25) is 9.84 Å². The molecule has 1 fully saturated rings. The van der Waals surface area contributed by atoms with Crippen LogP contribution in [-0.4, -0.2) is 32.7 Å². The van der Waals surface area contributed by atoms with Crippen LogP contribution < -0.4 is 11.1 Å². The van der Waals surface area contributed by atoms with E-state index in [1.165, 1.54) is 30.3 Å². The predicted octanol–water partition coefficient (Wildman–Crippen LogP) is 1.53.